The molecule has 5 heteroatoms. The van der Waals surface area contributed by atoms with E-state index in [1.807, 2.05) is 48.5 Å². The number of nitrogens with zero attached hydrogens (tertiary/aromatic N) is 2. The number of nitrogens with one attached hydrogen (secondary N) is 2. The highest BCUT2D eigenvalue weighted by molar-refractivity contribution is 5.75. The van der Waals surface area contributed by atoms with Gasteiger partial charge in [-0.2, -0.15) is 0 Å². The zero-order valence-electron chi connectivity index (χ0n) is 10.2. The van der Waals surface area contributed by atoms with Crippen LogP contribution < -0.4 is 0 Å². The van der Waals surface area contributed by atoms with Crippen LogP contribution >= 0.6 is 0 Å². The van der Waals surface area contributed by atoms with E-state index < -0.39 is 0 Å². The Bertz CT molecular complexity index is 633. The molecule has 0 atom stereocenters. The van der Waals surface area contributed by atoms with Crippen LogP contribution in [0.4, 0.5) is 0 Å². The lowest BCUT2D eigenvalue weighted by molar-refractivity contribution is 1.34. The molecule has 3 radical (unpaired) electrons. The lowest BCUT2D eigenvalue weighted by Gasteiger charge is -1.81. The molecule has 0 aliphatic carbocycles. The molecule has 4 nitrogen and oxygen atoms in total. The predicted molar refractivity (Wildman–Crippen MR) is 77.9 cm³/mol. The normalized spacial score (nSPS) is 9.68. The summed E-state index contributed by atoms with van der Waals surface area (Å²) >= 11 is 0. The van der Waals surface area contributed by atoms with Crippen LogP contribution in [0.1, 0.15) is 0 Å². The maximum Gasteiger partial charge on any atom is 0.0931 e. The van der Waals surface area contributed by atoms with E-state index in [1.165, 1.54) is 0 Å². The molecule has 19 heavy (non-hydrogen) atoms. The van der Waals surface area contributed by atoms with Gasteiger partial charge in [0.05, 0.1) is 34.7 Å². The quantitative estimate of drug-likeness (QED) is 0.479. The smallest absolute Gasteiger partial charge is 0.0931 e. The fourth-order valence-electron chi connectivity index (χ4n) is 1.76. The van der Waals surface area contributed by atoms with Crippen LogP contribution in [-0.2, 0) is 0 Å². The number of fused-ring (bicyclic) bond motifs is 2. The van der Waals surface area contributed by atoms with Crippen LogP contribution in [0.15, 0.2) is 61.2 Å². The molecule has 0 amide bonds. The van der Waals surface area contributed by atoms with Crippen molar-refractivity contribution in [1.29, 1.82) is 0 Å². The standard InChI is InChI=1S/2C7H6N2.Al/c2*1-2-4-7-6(3-1)8-5-9-7;/h2*1-5H,(H,8,9);. The highest BCUT2D eigenvalue weighted by atomic mass is 27.0. The maximum atomic E-state index is 4.06. The number of benzene rings is 2. The molecule has 0 bridgehead atoms. The number of para-hydroxylation sites is 4. The molecule has 91 valence electrons. The predicted octanol–water partition coefficient (Wildman–Crippen LogP) is 2.75. The summed E-state index contributed by atoms with van der Waals surface area (Å²) in [5.74, 6) is 0. The third kappa shape index (κ3) is 3.02. The van der Waals surface area contributed by atoms with Crippen LogP contribution in [0.2, 0.25) is 0 Å². The number of aromatic nitrogens is 4. The van der Waals surface area contributed by atoms with E-state index in [2.05, 4.69) is 19.9 Å². The van der Waals surface area contributed by atoms with Gasteiger partial charge in [-0.3, -0.25) is 0 Å². The van der Waals surface area contributed by atoms with Crippen LogP contribution in [0.5, 0.6) is 0 Å². The molecule has 0 unspecified atom stereocenters. The molecule has 4 rings (SSSR count). The summed E-state index contributed by atoms with van der Waals surface area (Å²) in [5.41, 5.74) is 4.24. The van der Waals surface area contributed by atoms with E-state index in [1.54, 1.807) is 12.7 Å². The molecule has 2 heterocycles. The SMILES string of the molecule is [Al].c1ccc2[nH]cnc2c1.c1ccc2[nH]cnc2c1. The van der Waals surface area contributed by atoms with Gasteiger partial charge < -0.3 is 9.97 Å². The van der Waals surface area contributed by atoms with E-state index in [9.17, 15) is 0 Å². The molecule has 4 aromatic rings. The summed E-state index contributed by atoms with van der Waals surface area (Å²) in [4.78, 5) is 14.1. The Hall–Kier alpha value is -2.09. The van der Waals surface area contributed by atoms with Crippen molar-refractivity contribution in [2.75, 3.05) is 0 Å². The number of H-pyrrole nitrogens is 2. The Kier molecular flexibility index (Phi) is 4.35. The van der Waals surface area contributed by atoms with Crippen LogP contribution in [0, 0.1) is 0 Å². The number of hydrogen-bond acceptors (Lipinski definition) is 2. The second-order valence-corrected chi connectivity index (χ2v) is 3.84. The minimum Gasteiger partial charge on any atom is -0.345 e. The second kappa shape index (κ2) is 6.19. The monoisotopic (exact) mass is 263 g/mol. The maximum absolute atomic E-state index is 4.06. The van der Waals surface area contributed by atoms with Crippen molar-refractivity contribution in [3.63, 3.8) is 0 Å². The van der Waals surface area contributed by atoms with E-state index >= 15 is 0 Å². The highest BCUT2D eigenvalue weighted by Gasteiger charge is 1.89. The molecule has 0 aliphatic heterocycles. The van der Waals surface area contributed by atoms with Crippen molar-refractivity contribution in [3.8, 4) is 0 Å². The average Bonchev–Trinajstić information content (AvgIpc) is 3.08. The number of imidazole rings is 2. The van der Waals surface area contributed by atoms with E-state index in [-0.39, 0.29) is 17.4 Å². The van der Waals surface area contributed by atoms with Gasteiger partial charge in [-0.15, -0.1) is 0 Å². The Labute approximate surface area is 121 Å². The van der Waals surface area contributed by atoms with E-state index in [0.29, 0.717) is 0 Å². The molecule has 0 aliphatic rings. The molecule has 2 N–H and O–H groups in total. The Morgan fingerprint density at radius 2 is 1.05 bits per heavy atom. The first-order valence-electron chi connectivity index (χ1n) is 5.70. The summed E-state index contributed by atoms with van der Waals surface area (Å²) in [6, 6.07) is 15.9. The molecular formula is C14H12AlN4. The van der Waals surface area contributed by atoms with Crippen LogP contribution in [0.3, 0.4) is 0 Å². The van der Waals surface area contributed by atoms with Gasteiger partial charge in [-0.1, -0.05) is 24.3 Å². The molecule has 0 spiro atoms. The Balaban J connectivity index is 0.000000133. The summed E-state index contributed by atoms with van der Waals surface area (Å²) in [6.07, 6.45) is 3.40. The van der Waals surface area contributed by atoms with Crippen molar-refractivity contribution in [1.82, 2.24) is 19.9 Å². The summed E-state index contributed by atoms with van der Waals surface area (Å²) in [5, 5.41) is 0. The van der Waals surface area contributed by atoms with Crippen molar-refractivity contribution < 1.29 is 0 Å². The van der Waals surface area contributed by atoms with Gasteiger partial charge in [0, 0.05) is 17.4 Å². The van der Waals surface area contributed by atoms with Crippen molar-refractivity contribution >= 4 is 39.4 Å². The third-order valence-electron chi connectivity index (χ3n) is 2.66. The molecule has 0 fully saturated rings. The number of aromatic amines is 2. The van der Waals surface area contributed by atoms with Gasteiger partial charge in [0.2, 0.25) is 0 Å². The first-order chi connectivity index (χ1) is 8.93. The molecule has 2 aromatic carbocycles. The number of hydrogen-bond donors (Lipinski definition) is 2. The zero-order valence-corrected chi connectivity index (χ0v) is 11.4. The molecule has 0 saturated carbocycles. The molecule has 0 saturated heterocycles. The largest absolute Gasteiger partial charge is 0.345 e. The van der Waals surface area contributed by atoms with Gasteiger partial charge in [-0.25, -0.2) is 9.97 Å². The van der Waals surface area contributed by atoms with Crippen molar-refractivity contribution in [2.24, 2.45) is 0 Å². The first-order valence-corrected chi connectivity index (χ1v) is 5.70. The van der Waals surface area contributed by atoms with Crippen LogP contribution in [-0.4, -0.2) is 37.3 Å². The van der Waals surface area contributed by atoms with E-state index in [4.69, 9.17) is 0 Å². The summed E-state index contributed by atoms with van der Waals surface area (Å²) in [6.45, 7) is 0. The first kappa shape index (κ1) is 13.3. The van der Waals surface area contributed by atoms with Gasteiger partial charge in [-0.05, 0) is 24.3 Å². The van der Waals surface area contributed by atoms with Gasteiger partial charge in [0.15, 0.2) is 0 Å². The van der Waals surface area contributed by atoms with E-state index in [0.717, 1.165) is 22.1 Å². The van der Waals surface area contributed by atoms with Crippen molar-refractivity contribution in [3.05, 3.63) is 61.2 Å². The topological polar surface area (TPSA) is 57.4 Å². The fourth-order valence-corrected chi connectivity index (χ4v) is 1.76. The minimum absolute atomic E-state index is 0. The minimum atomic E-state index is 0. The fraction of sp³-hybridized carbons (Fsp3) is 0. The lowest BCUT2D eigenvalue weighted by Crippen LogP contribution is -1.63. The zero-order chi connectivity index (χ0) is 12.2. The Morgan fingerprint density at radius 3 is 1.47 bits per heavy atom. The lowest BCUT2D eigenvalue weighted by atomic mass is 10.3. The van der Waals surface area contributed by atoms with Gasteiger partial charge in [0.1, 0.15) is 0 Å². The van der Waals surface area contributed by atoms with Gasteiger partial charge >= 0.3 is 0 Å². The summed E-state index contributed by atoms with van der Waals surface area (Å²) < 4.78 is 0. The Morgan fingerprint density at radius 1 is 0.632 bits per heavy atom. The summed E-state index contributed by atoms with van der Waals surface area (Å²) in [7, 11) is 0. The second-order valence-electron chi connectivity index (χ2n) is 3.84. The molecular weight excluding hydrogens is 251 g/mol. The highest BCUT2D eigenvalue weighted by Crippen LogP contribution is 2.06. The number of rotatable bonds is 0. The van der Waals surface area contributed by atoms with Crippen LogP contribution in [0.25, 0.3) is 22.1 Å². The average molecular weight is 263 g/mol. The molecule has 2 aromatic heterocycles. The third-order valence-corrected chi connectivity index (χ3v) is 2.66. The van der Waals surface area contributed by atoms with Gasteiger partial charge in [0.25, 0.3) is 0 Å². The van der Waals surface area contributed by atoms with Crippen molar-refractivity contribution in [2.45, 2.75) is 0 Å².